The number of hydrogen-bond acceptors (Lipinski definition) is 3. The number of carbonyl (C=O) groups is 3. The summed E-state index contributed by atoms with van der Waals surface area (Å²) in [6, 6.07) is -0.672. The Bertz CT molecular complexity index is 324. The van der Waals surface area contributed by atoms with Gasteiger partial charge in [0.15, 0.2) is 0 Å². The summed E-state index contributed by atoms with van der Waals surface area (Å²) in [4.78, 5) is 33.4. The molecule has 0 aromatic carbocycles. The predicted molar refractivity (Wildman–Crippen MR) is 64.9 cm³/mol. The van der Waals surface area contributed by atoms with Crippen molar-refractivity contribution in [3.8, 4) is 0 Å². The highest BCUT2D eigenvalue weighted by atomic mass is 16.4. The summed E-state index contributed by atoms with van der Waals surface area (Å²) in [5.74, 6) is -1.63. The Balaban J connectivity index is 2.17. The zero-order chi connectivity index (χ0) is 13.5. The fraction of sp³-hybridized carbons (Fsp3) is 0.750. The Hall–Kier alpha value is -1.59. The van der Waals surface area contributed by atoms with E-state index in [0.717, 1.165) is 25.7 Å². The van der Waals surface area contributed by atoms with Gasteiger partial charge in [0.1, 0.15) is 6.04 Å². The minimum absolute atomic E-state index is 0.0240. The van der Waals surface area contributed by atoms with Gasteiger partial charge in [0.05, 0.1) is 0 Å². The Morgan fingerprint density at radius 3 is 2.28 bits per heavy atom. The minimum Gasteiger partial charge on any atom is -0.480 e. The fourth-order valence-electron chi connectivity index (χ4n) is 1.97. The Morgan fingerprint density at radius 2 is 1.72 bits per heavy atom. The van der Waals surface area contributed by atoms with Crippen molar-refractivity contribution in [2.45, 2.75) is 57.5 Å². The van der Waals surface area contributed by atoms with Crippen LogP contribution in [-0.2, 0) is 14.4 Å². The van der Waals surface area contributed by atoms with E-state index in [9.17, 15) is 14.4 Å². The molecule has 0 bridgehead atoms. The molecule has 6 nitrogen and oxygen atoms in total. The zero-order valence-electron chi connectivity index (χ0n) is 10.6. The zero-order valence-corrected chi connectivity index (χ0v) is 10.6. The third-order valence-electron chi connectivity index (χ3n) is 3.05. The van der Waals surface area contributed by atoms with Gasteiger partial charge in [-0.25, -0.2) is 0 Å². The normalized spacial score (nSPS) is 17.2. The lowest BCUT2D eigenvalue weighted by Crippen LogP contribution is -2.39. The van der Waals surface area contributed by atoms with Crippen LogP contribution in [0.1, 0.15) is 45.4 Å². The third-order valence-corrected chi connectivity index (χ3v) is 3.05. The van der Waals surface area contributed by atoms with Gasteiger partial charge in [-0.05, 0) is 19.8 Å². The van der Waals surface area contributed by atoms with Gasteiger partial charge in [-0.15, -0.1) is 0 Å². The lowest BCUT2D eigenvalue weighted by molar-refractivity contribution is -0.141. The van der Waals surface area contributed by atoms with Crippen molar-refractivity contribution < 1.29 is 19.5 Å². The highest BCUT2D eigenvalue weighted by Crippen LogP contribution is 2.17. The van der Waals surface area contributed by atoms with Gasteiger partial charge >= 0.3 is 5.97 Å². The van der Waals surface area contributed by atoms with Crippen LogP contribution in [0.5, 0.6) is 0 Å². The maximum absolute atomic E-state index is 11.5. The molecular weight excluding hydrogens is 236 g/mol. The van der Waals surface area contributed by atoms with Crippen LogP contribution in [0, 0.1) is 0 Å². The van der Waals surface area contributed by atoms with Gasteiger partial charge in [0, 0.05) is 18.9 Å². The maximum atomic E-state index is 11.5. The third kappa shape index (κ3) is 5.16. The van der Waals surface area contributed by atoms with Gasteiger partial charge in [0.2, 0.25) is 11.8 Å². The molecule has 6 heteroatoms. The van der Waals surface area contributed by atoms with Crippen LogP contribution in [0.15, 0.2) is 0 Å². The second kappa shape index (κ2) is 6.98. The molecule has 0 aromatic rings. The monoisotopic (exact) mass is 256 g/mol. The molecule has 1 aliphatic rings. The second-order valence-electron chi connectivity index (χ2n) is 4.68. The Kier molecular flexibility index (Phi) is 5.61. The van der Waals surface area contributed by atoms with Crippen molar-refractivity contribution in [1.82, 2.24) is 10.6 Å². The van der Waals surface area contributed by atoms with Crippen molar-refractivity contribution >= 4 is 17.8 Å². The van der Waals surface area contributed by atoms with Crippen LogP contribution in [0.3, 0.4) is 0 Å². The van der Waals surface area contributed by atoms with Gasteiger partial charge in [-0.2, -0.15) is 0 Å². The number of carbonyl (C=O) groups excluding carboxylic acids is 2. The molecule has 1 aliphatic carbocycles. The molecule has 1 unspecified atom stereocenters. The van der Waals surface area contributed by atoms with Gasteiger partial charge < -0.3 is 15.7 Å². The van der Waals surface area contributed by atoms with E-state index in [2.05, 4.69) is 10.6 Å². The van der Waals surface area contributed by atoms with Crippen LogP contribution >= 0.6 is 0 Å². The average molecular weight is 256 g/mol. The first-order valence-corrected chi connectivity index (χ1v) is 6.30. The summed E-state index contributed by atoms with van der Waals surface area (Å²) < 4.78 is 0. The molecule has 0 radical (unpaired) electrons. The standard InChI is InChI=1S/C12H20N2O4/c1-8(12(17)18)13-10(15)6-7-11(16)14-9-4-2-3-5-9/h8-9H,2-7H2,1H3,(H,13,15)(H,14,16)(H,17,18). The molecule has 1 fully saturated rings. The molecule has 1 rings (SSSR count). The second-order valence-corrected chi connectivity index (χ2v) is 4.68. The summed E-state index contributed by atoms with van der Waals surface area (Å²) >= 11 is 0. The molecule has 0 aromatic heterocycles. The van der Waals surface area contributed by atoms with E-state index in [1.54, 1.807) is 0 Å². The smallest absolute Gasteiger partial charge is 0.325 e. The SMILES string of the molecule is CC(NC(=O)CCC(=O)NC1CCCC1)C(=O)O. The predicted octanol–water partition coefficient (Wildman–Crippen LogP) is 0.415. The lowest BCUT2D eigenvalue weighted by atomic mass is 10.2. The number of carboxylic acid groups (broad SMARTS) is 1. The molecule has 0 spiro atoms. The summed E-state index contributed by atoms with van der Waals surface area (Å²) in [5.41, 5.74) is 0. The van der Waals surface area contributed by atoms with Crippen LogP contribution in [0.25, 0.3) is 0 Å². The molecule has 1 saturated carbocycles. The Labute approximate surface area is 106 Å². The van der Waals surface area contributed by atoms with Crippen molar-refractivity contribution in [2.24, 2.45) is 0 Å². The number of hydrogen-bond donors (Lipinski definition) is 3. The highest BCUT2D eigenvalue weighted by molar-refractivity contribution is 5.86. The number of amides is 2. The van der Waals surface area contributed by atoms with E-state index in [1.807, 2.05) is 0 Å². The maximum Gasteiger partial charge on any atom is 0.325 e. The topological polar surface area (TPSA) is 95.5 Å². The largest absolute Gasteiger partial charge is 0.480 e. The summed E-state index contributed by atoms with van der Waals surface area (Å²) in [6.45, 7) is 1.39. The van der Waals surface area contributed by atoms with E-state index in [0.29, 0.717) is 0 Å². The molecule has 0 heterocycles. The quantitative estimate of drug-likeness (QED) is 0.641. The molecule has 0 saturated heterocycles. The van der Waals surface area contributed by atoms with Gasteiger partial charge in [0.25, 0.3) is 0 Å². The summed E-state index contributed by atoms with van der Waals surface area (Å²) in [6.07, 6.45) is 4.43. The van der Waals surface area contributed by atoms with Crippen LogP contribution in [0.2, 0.25) is 0 Å². The Morgan fingerprint density at radius 1 is 1.17 bits per heavy atom. The van der Waals surface area contributed by atoms with Crippen molar-refractivity contribution in [1.29, 1.82) is 0 Å². The van der Waals surface area contributed by atoms with Gasteiger partial charge in [-0.1, -0.05) is 12.8 Å². The van der Waals surface area contributed by atoms with E-state index < -0.39 is 17.9 Å². The van der Waals surface area contributed by atoms with E-state index in [4.69, 9.17) is 5.11 Å². The first-order chi connectivity index (χ1) is 8.49. The van der Waals surface area contributed by atoms with Crippen molar-refractivity contribution in [3.05, 3.63) is 0 Å². The number of aliphatic carboxylic acids is 1. The minimum atomic E-state index is -1.08. The molecule has 3 N–H and O–H groups in total. The number of carboxylic acids is 1. The summed E-state index contributed by atoms with van der Waals surface area (Å²) in [5, 5.41) is 13.8. The first-order valence-electron chi connectivity index (χ1n) is 6.30. The average Bonchev–Trinajstić information content (AvgIpc) is 2.79. The van der Waals surface area contributed by atoms with Crippen molar-refractivity contribution in [3.63, 3.8) is 0 Å². The highest BCUT2D eigenvalue weighted by Gasteiger charge is 2.18. The molecule has 18 heavy (non-hydrogen) atoms. The molecule has 102 valence electrons. The molecule has 1 atom stereocenters. The van der Waals surface area contributed by atoms with E-state index in [-0.39, 0.29) is 24.8 Å². The number of rotatable bonds is 6. The van der Waals surface area contributed by atoms with Crippen LogP contribution in [0.4, 0.5) is 0 Å². The van der Waals surface area contributed by atoms with Gasteiger partial charge in [-0.3, -0.25) is 14.4 Å². The number of nitrogens with one attached hydrogen (secondary N) is 2. The van der Waals surface area contributed by atoms with E-state index >= 15 is 0 Å². The summed E-state index contributed by atoms with van der Waals surface area (Å²) in [7, 11) is 0. The first kappa shape index (κ1) is 14.5. The van der Waals surface area contributed by atoms with E-state index in [1.165, 1.54) is 6.92 Å². The molecular formula is C12H20N2O4. The van der Waals surface area contributed by atoms with Crippen molar-refractivity contribution in [2.75, 3.05) is 0 Å². The fourth-order valence-corrected chi connectivity index (χ4v) is 1.97. The molecule has 0 aliphatic heterocycles. The van der Waals surface area contributed by atoms with Crippen LogP contribution in [-0.4, -0.2) is 35.0 Å². The lowest BCUT2D eigenvalue weighted by Gasteiger charge is -2.12. The van der Waals surface area contributed by atoms with Crippen LogP contribution < -0.4 is 10.6 Å². The molecule has 2 amide bonds.